The summed E-state index contributed by atoms with van der Waals surface area (Å²) in [5, 5.41) is 10.9. The second-order valence-electron chi connectivity index (χ2n) is 5.44. The number of aromatic nitrogens is 3. The zero-order chi connectivity index (χ0) is 18.5. The molecular formula is C18H17FN4O3. The van der Waals surface area contributed by atoms with E-state index in [-0.39, 0.29) is 29.4 Å². The van der Waals surface area contributed by atoms with Gasteiger partial charge in [0.2, 0.25) is 5.95 Å². The first-order valence-corrected chi connectivity index (χ1v) is 7.78. The van der Waals surface area contributed by atoms with E-state index in [2.05, 4.69) is 20.5 Å². The van der Waals surface area contributed by atoms with E-state index in [0.29, 0.717) is 17.2 Å². The monoisotopic (exact) mass is 356 g/mol. The van der Waals surface area contributed by atoms with Gasteiger partial charge in [-0.25, -0.2) is 4.39 Å². The van der Waals surface area contributed by atoms with Gasteiger partial charge < -0.3 is 14.8 Å². The average Bonchev–Trinajstić information content (AvgIpc) is 2.66. The van der Waals surface area contributed by atoms with Crippen LogP contribution in [0.5, 0.6) is 11.5 Å². The van der Waals surface area contributed by atoms with Crippen LogP contribution in [0.3, 0.4) is 0 Å². The zero-order valence-corrected chi connectivity index (χ0v) is 14.2. The predicted molar refractivity (Wildman–Crippen MR) is 94.7 cm³/mol. The molecule has 3 rings (SSSR count). The quantitative estimate of drug-likeness (QED) is 0.706. The Labute approximate surface area is 148 Å². The fraction of sp³-hybridized carbons (Fsp3) is 0.167. The number of nitrogens with one attached hydrogen (secondary N) is 2. The molecule has 0 aliphatic rings. The molecule has 0 aliphatic carbocycles. The summed E-state index contributed by atoms with van der Waals surface area (Å²) >= 11 is 0. The highest BCUT2D eigenvalue weighted by Crippen LogP contribution is 2.30. The van der Waals surface area contributed by atoms with E-state index < -0.39 is 0 Å². The lowest BCUT2D eigenvalue weighted by molar-refractivity contribution is 0.395. The van der Waals surface area contributed by atoms with Crippen molar-refractivity contribution in [1.82, 2.24) is 15.2 Å². The molecule has 0 radical (unpaired) electrons. The van der Waals surface area contributed by atoms with Crippen molar-refractivity contribution in [3.05, 3.63) is 69.9 Å². The number of anilines is 2. The minimum absolute atomic E-state index is 0.182. The molecule has 0 saturated heterocycles. The molecular weight excluding hydrogens is 339 g/mol. The van der Waals surface area contributed by atoms with Crippen LogP contribution < -0.4 is 20.3 Å². The van der Waals surface area contributed by atoms with Gasteiger partial charge in [0.15, 0.2) is 0 Å². The highest BCUT2D eigenvalue weighted by molar-refractivity contribution is 5.64. The number of hydrogen-bond donors (Lipinski definition) is 2. The Balaban J connectivity index is 1.79. The minimum Gasteiger partial charge on any atom is -0.497 e. The zero-order valence-electron chi connectivity index (χ0n) is 14.2. The number of benzene rings is 2. The van der Waals surface area contributed by atoms with Crippen LogP contribution in [0, 0.1) is 5.82 Å². The lowest BCUT2D eigenvalue weighted by atomic mass is 10.1. The van der Waals surface area contributed by atoms with Crippen molar-refractivity contribution in [1.29, 1.82) is 0 Å². The minimum atomic E-state index is -0.376. The van der Waals surface area contributed by atoms with Gasteiger partial charge in [-0.05, 0) is 29.8 Å². The summed E-state index contributed by atoms with van der Waals surface area (Å²) in [5.74, 6) is 1.02. The summed E-state index contributed by atoms with van der Waals surface area (Å²) in [4.78, 5) is 14.9. The molecule has 0 bridgehead atoms. The number of nitrogens with zero attached hydrogens (tertiary/aromatic N) is 2. The largest absolute Gasteiger partial charge is 0.497 e. The van der Waals surface area contributed by atoms with Crippen LogP contribution in [0.25, 0.3) is 0 Å². The molecule has 26 heavy (non-hydrogen) atoms. The number of ether oxygens (including phenoxy) is 2. The molecule has 3 aromatic rings. The fourth-order valence-electron chi connectivity index (χ4n) is 2.36. The molecule has 1 heterocycles. The first kappa shape index (κ1) is 17.4. The molecule has 7 nitrogen and oxygen atoms in total. The van der Waals surface area contributed by atoms with E-state index in [1.807, 2.05) is 0 Å². The number of hydrogen-bond acceptors (Lipinski definition) is 6. The number of rotatable bonds is 6. The van der Waals surface area contributed by atoms with E-state index in [1.165, 1.54) is 19.2 Å². The lowest BCUT2D eigenvalue weighted by Gasteiger charge is -2.11. The number of aromatic amines is 1. The predicted octanol–water partition coefficient (Wildman–Crippen LogP) is 2.66. The molecule has 0 fully saturated rings. The van der Waals surface area contributed by atoms with E-state index in [1.54, 1.807) is 37.4 Å². The molecule has 0 unspecified atom stereocenters. The molecule has 0 spiro atoms. The molecule has 2 N–H and O–H groups in total. The molecule has 134 valence electrons. The Kier molecular flexibility index (Phi) is 5.12. The normalized spacial score (nSPS) is 10.4. The third kappa shape index (κ3) is 3.97. The SMILES string of the molecule is COc1ccc(Nc2nnc(Cc3ccc(F)cc3)c(=O)[nH]2)c(OC)c1. The molecule has 1 aromatic heterocycles. The van der Waals surface area contributed by atoms with E-state index >= 15 is 0 Å². The summed E-state index contributed by atoms with van der Waals surface area (Å²) < 4.78 is 23.4. The van der Waals surface area contributed by atoms with Gasteiger partial charge in [-0.15, -0.1) is 10.2 Å². The third-order valence-corrected chi connectivity index (χ3v) is 3.71. The van der Waals surface area contributed by atoms with Gasteiger partial charge in [0, 0.05) is 12.5 Å². The van der Waals surface area contributed by atoms with Crippen molar-refractivity contribution in [2.75, 3.05) is 19.5 Å². The smallest absolute Gasteiger partial charge is 0.274 e. The lowest BCUT2D eigenvalue weighted by Crippen LogP contribution is -2.19. The van der Waals surface area contributed by atoms with Crippen LogP contribution in [-0.4, -0.2) is 29.4 Å². The Morgan fingerprint density at radius 1 is 1.08 bits per heavy atom. The van der Waals surface area contributed by atoms with Crippen LogP contribution in [0.4, 0.5) is 16.0 Å². The molecule has 0 atom stereocenters. The van der Waals surface area contributed by atoms with Crippen LogP contribution in [-0.2, 0) is 6.42 Å². The van der Waals surface area contributed by atoms with E-state index in [4.69, 9.17) is 9.47 Å². The molecule has 8 heteroatoms. The second kappa shape index (κ2) is 7.64. The van der Waals surface area contributed by atoms with Gasteiger partial charge >= 0.3 is 0 Å². The average molecular weight is 356 g/mol. The van der Waals surface area contributed by atoms with Crippen LogP contribution in [0.2, 0.25) is 0 Å². The first-order chi connectivity index (χ1) is 12.6. The van der Waals surface area contributed by atoms with Crippen LogP contribution in [0.15, 0.2) is 47.3 Å². The van der Waals surface area contributed by atoms with Crippen LogP contribution >= 0.6 is 0 Å². The number of halogens is 1. The van der Waals surface area contributed by atoms with Gasteiger partial charge in [-0.3, -0.25) is 9.78 Å². The number of methoxy groups -OCH3 is 2. The molecule has 0 saturated carbocycles. The van der Waals surface area contributed by atoms with Crippen molar-refractivity contribution in [3.63, 3.8) is 0 Å². The number of H-pyrrole nitrogens is 1. The Morgan fingerprint density at radius 2 is 1.85 bits per heavy atom. The van der Waals surface area contributed by atoms with Gasteiger partial charge in [-0.2, -0.15) is 0 Å². The summed E-state index contributed by atoms with van der Waals surface area (Å²) in [6.07, 6.45) is 0.259. The highest BCUT2D eigenvalue weighted by atomic mass is 19.1. The summed E-state index contributed by atoms with van der Waals surface area (Å²) in [6, 6.07) is 11.1. The fourth-order valence-corrected chi connectivity index (χ4v) is 2.36. The van der Waals surface area contributed by atoms with E-state index in [0.717, 1.165) is 5.56 Å². The van der Waals surface area contributed by atoms with Crippen molar-refractivity contribution in [2.24, 2.45) is 0 Å². The molecule has 2 aromatic carbocycles. The standard InChI is InChI=1S/C18H17FN4O3/c1-25-13-7-8-14(16(10-13)26-2)20-18-21-17(24)15(22-23-18)9-11-3-5-12(19)6-4-11/h3-8,10H,9H2,1-2H3,(H2,20,21,23,24). The summed E-state index contributed by atoms with van der Waals surface area (Å²) in [7, 11) is 3.09. The summed E-state index contributed by atoms with van der Waals surface area (Å²) in [6.45, 7) is 0. The molecule has 0 amide bonds. The highest BCUT2D eigenvalue weighted by Gasteiger charge is 2.10. The van der Waals surface area contributed by atoms with Crippen LogP contribution in [0.1, 0.15) is 11.3 Å². The topological polar surface area (TPSA) is 89.1 Å². The van der Waals surface area contributed by atoms with Gasteiger partial charge in [0.1, 0.15) is 23.0 Å². The maximum atomic E-state index is 13.0. The Hall–Kier alpha value is -3.42. The second-order valence-corrected chi connectivity index (χ2v) is 5.44. The molecule has 0 aliphatic heterocycles. The van der Waals surface area contributed by atoms with Crippen molar-refractivity contribution in [2.45, 2.75) is 6.42 Å². The van der Waals surface area contributed by atoms with Gasteiger partial charge in [0.25, 0.3) is 5.56 Å². The first-order valence-electron chi connectivity index (χ1n) is 7.78. The van der Waals surface area contributed by atoms with Crippen molar-refractivity contribution >= 4 is 11.6 Å². The van der Waals surface area contributed by atoms with E-state index in [9.17, 15) is 9.18 Å². The third-order valence-electron chi connectivity index (χ3n) is 3.71. The Bertz CT molecular complexity index is 957. The van der Waals surface area contributed by atoms with Gasteiger partial charge in [0.05, 0.1) is 19.9 Å². The maximum Gasteiger partial charge on any atom is 0.274 e. The van der Waals surface area contributed by atoms with Crippen molar-refractivity contribution in [3.8, 4) is 11.5 Å². The maximum absolute atomic E-state index is 13.0. The summed E-state index contributed by atoms with van der Waals surface area (Å²) in [5.41, 5.74) is 1.23. The Morgan fingerprint density at radius 3 is 2.50 bits per heavy atom. The van der Waals surface area contributed by atoms with Crippen molar-refractivity contribution < 1.29 is 13.9 Å². The van der Waals surface area contributed by atoms with Gasteiger partial charge in [-0.1, -0.05) is 12.1 Å².